The maximum absolute atomic E-state index is 6.03. The van der Waals surface area contributed by atoms with Gasteiger partial charge in [-0.3, -0.25) is 9.55 Å². The van der Waals surface area contributed by atoms with Crippen LogP contribution in [0.15, 0.2) is 42.7 Å². The van der Waals surface area contributed by atoms with E-state index in [0.29, 0.717) is 10.9 Å². The zero-order valence-corrected chi connectivity index (χ0v) is 10.9. The number of imidazole rings is 1. The second-order valence-electron chi connectivity index (χ2n) is 3.84. The van der Waals surface area contributed by atoms with E-state index in [2.05, 4.69) is 9.97 Å². The molecule has 0 atom stereocenters. The largest absolute Gasteiger partial charge is 0.295 e. The first-order valence-electron chi connectivity index (χ1n) is 5.43. The van der Waals surface area contributed by atoms with Crippen LogP contribution in [0.3, 0.4) is 0 Å². The van der Waals surface area contributed by atoms with Crippen LogP contribution in [0.25, 0.3) is 16.7 Å². The first-order valence-corrected chi connectivity index (χ1v) is 6.34. The third-order valence-corrected chi connectivity index (χ3v) is 3.19. The average Bonchev–Trinajstić information content (AvgIpc) is 2.77. The van der Waals surface area contributed by atoms with Gasteiger partial charge < -0.3 is 0 Å². The molecule has 0 saturated carbocycles. The first kappa shape index (κ1) is 11.5. The fourth-order valence-electron chi connectivity index (χ4n) is 1.98. The maximum Gasteiger partial charge on any atom is 0.129 e. The number of hydrogen-bond acceptors (Lipinski definition) is 2. The van der Waals surface area contributed by atoms with Crippen molar-refractivity contribution in [1.82, 2.24) is 14.5 Å². The molecule has 0 radical (unpaired) electrons. The monoisotopic (exact) mass is 277 g/mol. The molecule has 0 N–H and O–H groups in total. The minimum absolute atomic E-state index is 0.335. The summed E-state index contributed by atoms with van der Waals surface area (Å²) in [5, 5.41) is 0.684. The van der Waals surface area contributed by atoms with Crippen LogP contribution in [-0.4, -0.2) is 14.5 Å². The lowest BCUT2D eigenvalue weighted by molar-refractivity contribution is 0.982. The lowest BCUT2D eigenvalue weighted by atomic mass is 10.3. The third-order valence-electron chi connectivity index (χ3n) is 2.71. The number of hydrogen-bond donors (Lipinski definition) is 0. The Morgan fingerprint density at radius 1 is 1.22 bits per heavy atom. The van der Waals surface area contributed by atoms with Crippen molar-refractivity contribution in [2.45, 2.75) is 5.88 Å². The van der Waals surface area contributed by atoms with E-state index in [-0.39, 0.29) is 0 Å². The van der Waals surface area contributed by atoms with Gasteiger partial charge in [-0.25, -0.2) is 4.98 Å². The molecule has 0 aliphatic carbocycles. The van der Waals surface area contributed by atoms with Gasteiger partial charge in [0.25, 0.3) is 0 Å². The normalized spacial score (nSPS) is 11.0. The predicted octanol–water partition coefficient (Wildman–Crippen LogP) is 3.81. The van der Waals surface area contributed by atoms with E-state index in [1.807, 2.05) is 34.9 Å². The summed E-state index contributed by atoms with van der Waals surface area (Å²) in [7, 11) is 0. The number of rotatable bonds is 2. The second-order valence-corrected chi connectivity index (χ2v) is 4.55. The summed E-state index contributed by atoms with van der Waals surface area (Å²) in [5.41, 5.74) is 2.75. The molecular formula is C13H9Cl2N3. The molecule has 2 heterocycles. The SMILES string of the molecule is ClCc1nc2cnccc2n1-c1cccc(Cl)c1. The fraction of sp³-hybridized carbons (Fsp3) is 0.0769. The van der Waals surface area contributed by atoms with Gasteiger partial charge in [0.15, 0.2) is 0 Å². The van der Waals surface area contributed by atoms with E-state index in [9.17, 15) is 0 Å². The smallest absolute Gasteiger partial charge is 0.129 e. The fourth-order valence-corrected chi connectivity index (χ4v) is 2.34. The van der Waals surface area contributed by atoms with Crippen LogP contribution in [0.5, 0.6) is 0 Å². The van der Waals surface area contributed by atoms with E-state index in [1.54, 1.807) is 12.4 Å². The summed E-state index contributed by atoms with van der Waals surface area (Å²) in [4.78, 5) is 8.53. The molecule has 0 spiro atoms. The van der Waals surface area contributed by atoms with Crippen LogP contribution in [-0.2, 0) is 5.88 Å². The van der Waals surface area contributed by atoms with Gasteiger partial charge in [0.05, 0.1) is 17.6 Å². The molecule has 0 bridgehead atoms. The predicted molar refractivity (Wildman–Crippen MR) is 73.4 cm³/mol. The number of pyridine rings is 1. The summed E-state index contributed by atoms with van der Waals surface area (Å²) in [5.74, 6) is 1.11. The molecule has 0 aliphatic heterocycles. The topological polar surface area (TPSA) is 30.7 Å². The van der Waals surface area contributed by atoms with Crippen molar-refractivity contribution in [3.05, 3.63) is 53.6 Å². The Bertz CT molecular complexity index is 706. The van der Waals surface area contributed by atoms with E-state index in [4.69, 9.17) is 23.2 Å². The molecule has 2 aromatic heterocycles. The zero-order valence-electron chi connectivity index (χ0n) is 9.35. The molecule has 0 fully saturated rings. The van der Waals surface area contributed by atoms with E-state index in [0.717, 1.165) is 22.5 Å². The lowest BCUT2D eigenvalue weighted by Crippen LogP contribution is -1.98. The summed E-state index contributed by atoms with van der Waals surface area (Å²) in [6, 6.07) is 9.52. The Kier molecular flexibility index (Phi) is 2.94. The summed E-state index contributed by atoms with van der Waals surface area (Å²) in [6.45, 7) is 0. The number of fused-ring (bicyclic) bond motifs is 1. The molecule has 18 heavy (non-hydrogen) atoms. The van der Waals surface area contributed by atoms with Crippen molar-refractivity contribution < 1.29 is 0 Å². The Labute approximate surface area is 114 Å². The van der Waals surface area contributed by atoms with Crippen molar-refractivity contribution in [3.63, 3.8) is 0 Å². The van der Waals surface area contributed by atoms with Crippen LogP contribution in [0.1, 0.15) is 5.82 Å². The molecule has 0 aliphatic rings. The van der Waals surface area contributed by atoms with Gasteiger partial charge in [-0.15, -0.1) is 11.6 Å². The van der Waals surface area contributed by atoms with E-state index >= 15 is 0 Å². The summed E-state index contributed by atoms with van der Waals surface area (Å²) in [6.07, 6.45) is 3.47. The van der Waals surface area contributed by atoms with Crippen molar-refractivity contribution in [2.75, 3.05) is 0 Å². The molecular weight excluding hydrogens is 269 g/mol. The van der Waals surface area contributed by atoms with Gasteiger partial charge >= 0.3 is 0 Å². The molecule has 0 unspecified atom stereocenters. The minimum atomic E-state index is 0.335. The molecule has 1 aromatic carbocycles. The van der Waals surface area contributed by atoms with Gasteiger partial charge in [0.1, 0.15) is 11.3 Å². The first-order chi connectivity index (χ1) is 8.79. The molecule has 3 aromatic rings. The summed E-state index contributed by atoms with van der Waals surface area (Å²) >= 11 is 12.0. The van der Waals surface area contributed by atoms with Crippen molar-refractivity contribution in [1.29, 1.82) is 0 Å². The van der Waals surface area contributed by atoms with Crippen molar-refractivity contribution in [3.8, 4) is 5.69 Å². The number of aromatic nitrogens is 3. The quantitative estimate of drug-likeness (QED) is 0.667. The maximum atomic E-state index is 6.03. The number of nitrogens with zero attached hydrogens (tertiary/aromatic N) is 3. The van der Waals surface area contributed by atoms with Crippen molar-refractivity contribution in [2.24, 2.45) is 0 Å². The standard InChI is InChI=1S/C13H9Cl2N3/c14-7-13-17-11-8-16-5-4-12(11)18(13)10-3-1-2-9(15)6-10/h1-6,8H,7H2. The Balaban J connectivity index is 2.33. The molecule has 0 amide bonds. The van der Waals surface area contributed by atoms with Crippen LogP contribution in [0.4, 0.5) is 0 Å². The molecule has 90 valence electrons. The highest BCUT2D eigenvalue weighted by Crippen LogP contribution is 2.23. The zero-order chi connectivity index (χ0) is 12.5. The second kappa shape index (κ2) is 4.59. The lowest BCUT2D eigenvalue weighted by Gasteiger charge is -2.07. The van der Waals surface area contributed by atoms with Gasteiger partial charge in [-0.2, -0.15) is 0 Å². The third kappa shape index (κ3) is 1.85. The van der Waals surface area contributed by atoms with E-state index < -0.39 is 0 Å². The van der Waals surface area contributed by atoms with Crippen LogP contribution in [0.2, 0.25) is 5.02 Å². The minimum Gasteiger partial charge on any atom is -0.295 e. The number of halogens is 2. The molecule has 0 saturated heterocycles. The Morgan fingerprint density at radius 3 is 2.89 bits per heavy atom. The molecule has 3 rings (SSSR count). The van der Waals surface area contributed by atoms with Crippen LogP contribution in [0, 0.1) is 0 Å². The average molecular weight is 278 g/mol. The van der Waals surface area contributed by atoms with Crippen molar-refractivity contribution >= 4 is 34.2 Å². The van der Waals surface area contributed by atoms with Crippen LogP contribution < -0.4 is 0 Å². The van der Waals surface area contributed by atoms with Gasteiger partial charge in [-0.1, -0.05) is 17.7 Å². The molecule has 3 nitrogen and oxygen atoms in total. The van der Waals surface area contributed by atoms with Gasteiger partial charge in [0, 0.05) is 16.9 Å². The number of alkyl halides is 1. The van der Waals surface area contributed by atoms with Crippen LogP contribution >= 0.6 is 23.2 Å². The highest BCUT2D eigenvalue weighted by molar-refractivity contribution is 6.30. The van der Waals surface area contributed by atoms with Gasteiger partial charge in [0.2, 0.25) is 0 Å². The molecule has 5 heteroatoms. The Hall–Kier alpha value is -1.58. The highest BCUT2D eigenvalue weighted by Gasteiger charge is 2.11. The highest BCUT2D eigenvalue weighted by atomic mass is 35.5. The van der Waals surface area contributed by atoms with E-state index in [1.165, 1.54) is 0 Å². The summed E-state index contributed by atoms with van der Waals surface area (Å²) < 4.78 is 2.00. The Morgan fingerprint density at radius 2 is 2.11 bits per heavy atom. The van der Waals surface area contributed by atoms with Gasteiger partial charge in [-0.05, 0) is 24.3 Å². The number of benzene rings is 1.